The van der Waals surface area contributed by atoms with Crippen molar-refractivity contribution in [3.05, 3.63) is 68.0 Å². The maximum Gasteiger partial charge on any atom is 0.271 e. The Bertz CT molecular complexity index is 1610. The Kier molecular flexibility index (Phi) is 12.6. The van der Waals surface area contributed by atoms with E-state index >= 15 is 0 Å². The molecule has 2 aromatic carbocycles. The molecule has 45 heavy (non-hydrogen) atoms. The van der Waals surface area contributed by atoms with Gasteiger partial charge in [-0.1, -0.05) is 26.7 Å². The molecule has 1 radical (unpaired) electrons. The number of nitrogens with zero attached hydrogens (tertiary/aromatic N) is 10. The molecular weight excluding hydrogens is 639 g/mol. The second kappa shape index (κ2) is 15.9. The minimum Gasteiger partial charge on any atom is -0.506 e. The third-order valence-electron chi connectivity index (χ3n) is 5.95. The van der Waals surface area contributed by atoms with E-state index in [4.69, 9.17) is 0 Å². The van der Waals surface area contributed by atoms with Gasteiger partial charge in [0.25, 0.3) is 11.4 Å². The van der Waals surface area contributed by atoms with Crippen molar-refractivity contribution in [2.75, 3.05) is 0 Å². The molecule has 18 nitrogen and oxygen atoms in total. The molecule has 0 unspecified atom stereocenters. The summed E-state index contributed by atoms with van der Waals surface area (Å²) in [7, 11) is 3.14. The van der Waals surface area contributed by atoms with Crippen molar-refractivity contribution in [2.24, 2.45) is 34.6 Å². The smallest absolute Gasteiger partial charge is 0.271 e. The van der Waals surface area contributed by atoms with E-state index in [-0.39, 0.29) is 74.2 Å². The van der Waals surface area contributed by atoms with Crippen molar-refractivity contribution >= 4 is 34.1 Å². The maximum atomic E-state index is 10.7. The van der Waals surface area contributed by atoms with Gasteiger partial charge in [-0.3, -0.25) is 20.2 Å². The largest absolute Gasteiger partial charge is 0.506 e. The van der Waals surface area contributed by atoms with Crippen LogP contribution in [-0.2, 0) is 43.7 Å². The number of phenolic OH excluding ortho intramolecular Hbond substituents is 2. The summed E-state index contributed by atoms with van der Waals surface area (Å²) in [5, 5.41) is 84.3. The third-order valence-corrected chi connectivity index (χ3v) is 5.95. The summed E-state index contributed by atoms with van der Waals surface area (Å²) in [5.74, 6) is -0.793. The number of hydrogen-bond donors (Lipinski definition) is 4. The zero-order chi connectivity index (χ0) is 32.6. The van der Waals surface area contributed by atoms with Gasteiger partial charge in [-0.15, -0.1) is 20.5 Å². The van der Waals surface area contributed by atoms with Crippen molar-refractivity contribution in [1.29, 1.82) is 0 Å². The average molecular weight is 670 g/mol. The van der Waals surface area contributed by atoms with Crippen molar-refractivity contribution < 1.29 is 47.1 Å². The van der Waals surface area contributed by atoms with Crippen LogP contribution in [-0.4, -0.2) is 49.8 Å². The molecular formula is C26H30CoN10O8. The molecule has 0 amide bonds. The summed E-state index contributed by atoms with van der Waals surface area (Å²) >= 11 is 0. The SMILES string of the molecule is CCCc1nn(C)c(O)c1N=Nc1cc([N+](=O)[O-])ccc1O.CCCc1nn(C)c(O)c1N=Nc1cc([N+](=O)[O-])ccc1O.[Co]. The van der Waals surface area contributed by atoms with Crippen LogP contribution in [0.15, 0.2) is 56.9 Å². The van der Waals surface area contributed by atoms with E-state index in [1.165, 1.54) is 33.6 Å². The molecule has 0 fully saturated rings. The molecule has 0 spiro atoms. The van der Waals surface area contributed by atoms with E-state index in [0.29, 0.717) is 24.2 Å². The van der Waals surface area contributed by atoms with Gasteiger partial charge in [0, 0.05) is 55.1 Å². The van der Waals surface area contributed by atoms with Crippen LogP contribution in [0.1, 0.15) is 38.1 Å². The summed E-state index contributed by atoms with van der Waals surface area (Å²) in [6, 6.07) is 6.87. The van der Waals surface area contributed by atoms with Gasteiger partial charge in [0.05, 0.1) is 21.2 Å². The molecule has 0 bridgehead atoms. The standard InChI is InChI=1S/2C13H15N5O4.Co/c2*1-3-4-9-12(13(20)17(2)16-9)15-14-10-7-8(18(21)22)5-6-11(10)19;/h2*5-7,19-20H,3-4H2,1-2H3;. The number of non-ortho nitro benzene ring substituents is 2. The third kappa shape index (κ3) is 8.80. The topological polar surface area (TPSA) is 252 Å². The van der Waals surface area contributed by atoms with Crippen LogP contribution in [0.25, 0.3) is 0 Å². The van der Waals surface area contributed by atoms with Crippen LogP contribution in [0.4, 0.5) is 34.1 Å². The zero-order valence-electron chi connectivity index (χ0n) is 24.5. The summed E-state index contributed by atoms with van der Waals surface area (Å²) < 4.78 is 2.54. The first-order valence-corrected chi connectivity index (χ1v) is 13.2. The Labute approximate surface area is 265 Å². The summed E-state index contributed by atoms with van der Waals surface area (Å²) in [4.78, 5) is 20.3. The first-order chi connectivity index (χ1) is 20.9. The molecule has 19 heteroatoms. The van der Waals surface area contributed by atoms with E-state index in [9.17, 15) is 40.7 Å². The van der Waals surface area contributed by atoms with Crippen LogP contribution in [0, 0.1) is 20.2 Å². The number of rotatable bonds is 10. The monoisotopic (exact) mass is 669 g/mol. The molecule has 0 aliphatic heterocycles. The number of aromatic hydroxyl groups is 4. The predicted molar refractivity (Wildman–Crippen MR) is 156 cm³/mol. The molecule has 2 heterocycles. The molecule has 0 atom stereocenters. The summed E-state index contributed by atoms with van der Waals surface area (Å²) in [6.07, 6.45) is 2.81. The molecule has 0 saturated carbocycles. The Morgan fingerprint density at radius 3 is 1.36 bits per heavy atom. The minimum atomic E-state index is -0.595. The second-order valence-electron chi connectivity index (χ2n) is 9.25. The molecule has 4 rings (SSSR count). The number of nitro groups is 2. The second-order valence-corrected chi connectivity index (χ2v) is 9.25. The van der Waals surface area contributed by atoms with Gasteiger partial charge in [0.2, 0.25) is 11.8 Å². The quantitative estimate of drug-likeness (QED) is 0.0843. The fraction of sp³-hybridized carbons (Fsp3) is 0.308. The summed E-state index contributed by atoms with van der Waals surface area (Å²) in [6.45, 7) is 3.91. The van der Waals surface area contributed by atoms with Crippen LogP contribution in [0.5, 0.6) is 23.3 Å². The van der Waals surface area contributed by atoms with E-state index in [1.54, 1.807) is 14.1 Å². The van der Waals surface area contributed by atoms with Crippen molar-refractivity contribution in [3.8, 4) is 23.3 Å². The number of aryl methyl sites for hydroxylation is 4. The molecule has 0 aliphatic rings. The van der Waals surface area contributed by atoms with Crippen molar-refractivity contribution in [2.45, 2.75) is 39.5 Å². The van der Waals surface area contributed by atoms with Crippen molar-refractivity contribution in [3.63, 3.8) is 0 Å². The fourth-order valence-electron chi connectivity index (χ4n) is 3.75. The Morgan fingerprint density at radius 1 is 0.689 bits per heavy atom. The summed E-state index contributed by atoms with van der Waals surface area (Å²) in [5.41, 5.74) is 0.976. The maximum absolute atomic E-state index is 10.7. The molecule has 241 valence electrons. The van der Waals surface area contributed by atoms with Crippen LogP contribution in [0.2, 0.25) is 0 Å². The first-order valence-electron chi connectivity index (χ1n) is 13.2. The van der Waals surface area contributed by atoms with Gasteiger partial charge in [0.15, 0.2) is 11.4 Å². The Balaban J connectivity index is 0.000000307. The molecule has 4 aromatic rings. The predicted octanol–water partition coefficient (Wildman–Crippen LogP) is 6.21. The number of aromatic nitrogens is 4. The van der Waals surface area contributed by atoms with Gasteiger partial charge in [0.1, 0.15) is 22.9 Å². The molecule has 2 aromatic heterocycles. The van der Waals surface area contributed by atoms with Crippen molar-refractivity contribution in [1.82, 2.24) is 19.6 Å². The number of hydrogen-bond acceptors (Lipinski definition) is 14. The van der Waals surface area contributed by atoms with E-state index in [2.05, 4.69) is 30.7 Å². The van der Waals surface area contributed by atoms with Gasteiger partial charge >= 0.3 is 0 Å². The molecule has 4 N–H and O–H groups in total. The fourth-order valence-corrected chi connectivity index (χ4v) is 3.75. The minimum absolute atomic E-state index is 0. The molecule has 0 aliphatic carbocycles. The number of phenols is 2. The Morgan fingerprint density at radius 2 is 1.04 bits per heavy atom. The van der Waals surface area contributed by atoms with E-state index in [0.717, 1.165) is 25.0 Å². The molecule has 0 saturated heterocycles. The van der Waals surface area contributed by atoms with E-state index in [1.807, 2.05) is 13.8 Å². The van der Waals surface area contributed by atoms with Crippen LogP contribution < -0.4 is 0 Å². The first kappa shape index (κ1) is 35.8. The van der Waals surface area contributed by atoms with Gasteiger partial charge in [-0.05, 0) is 25.0 Å². The van der Waals surface area contributed by atoms with E-state index < -0.39 is 9.85 Å². The van der Waals surface area contributed by atoms with Gasteiger partial charge in [-0.2, -0.15) is 10.2 Å². The number of nitro benzene ring substituents is 2. The zero-order valence-corrected chi connectivity index (χ0v) is 25.6. The van der Waals surface area contributed by atoms with Crippen LogP contribution >= 0.6 is 0 Å². The van der Waals surface area contributed by atoms with Crippen LogP contribution in [0.3, 0.4) is 0 Å². The normalized spacial score (nSPS) is 10.9. The average Bonchev–Trinajstić information content (AvgIpc) is 3.40. The Hall–Kier alpha value is -5.43. The number of azo groups is 2. The van der Waals surface area contributed by atoms with Gasteiger partial charge in [-0.25, -0.2) is 9.36 Å². The number of benzene rings is 2. The van der Waals surface area contributed by atoms with Gasteiger partial charge < -0.3 is 20.4 Å².